The van der Waals surface area contributed by atoms with Crippen LogP contribution < -0.4 is 0 Å². The second-order valence-corrected chi connectivity index (χ2v) is 22.5. The van der Waals surface area contributed by atoms with E-state index in [1.807, 2.05) is 0 Å². The molecule has 0 N–H and O–H groups in total. The fourth-order valence-corrected chi connectivity index (χ4v) is 6.52. The Morgan fingerprint density at radius 3 is 1.53 bits per heavy atom. The molecule has 1 nitrogen and oxygen atoms in total. The molecule has 30 heavy (non-hydrogen) atoms. The normalized spacial score (nSPS) is 14.4. The van der Waals surface area contributed by atoms with Crippen molar-refractivity contribution < 1.29 is 0 Å². The van der Waals surface area contributed by atoms with Crippen LogP contribution in [0, 0.1) is 0 Å². The number of benzene rings is 2. The third-order valence-corrected chi connectivity index (χ3v) is 10.3. The molecule has 0 spiro atoms. The first-order valence-corrected chi connectivity index (χ1v) is 18.6. The van der Waals surface area contributed by atoms with Crippen molar-refractivity contribution in [3.05, 3.63) is 60.8 Å². The first kappa shape index (κ1) is 23.3. The molecule has 0 aliphatic heterocycles. The minimum atomic E-state index is -0.857. The topological polar surface area (TPSA) is 12.9 Å². The van der Waals surface area contributed by atoms with E-state index in [9.17, 15) is 0 Å². The fraction of sp³-hybridized carbons (Fsp3) is 0.346. The molecule has 164 valence electrons. The summed E-state index contributed by atoms with van der Waals surface area (Å²) in [6.45, 7) is 0. The highest BCUT2D eigenvalue weighted by Gasteiger charge is 2.17. The molecule has 0 fully saturated rings. The summed E-state index contributed by atoms with van der Waals surface area (Å²) in [5.74, 6) is 0. The lowest BCUT2D eigenvalue weighted by Gasteiger charge is -2.30. The molecule has 0 radical (unpaired) electrons. The minimum Gasteiger partial charge on any atom is -0.255 e. The molecule has 1 heterocycles. The van der Waals surface area contributed by atoms with Gasteiger partial charge in [-0.25, -0.2) is 30.1 Å². The molecular weight excluding hydrogens is 422 g/mol. The zero-order valence-corrected chi connectivity index (χ0v) is 22.4. The summed E-state index contributed by atoms with van der Waals surface area (Å²) < 4.78 is 0. The van der Waals surface area contributed by atoms with Crippen LogP contribution in [0.1, 0.15) is 0 Å². The molecule has 0 saturated carbocycles. The molecule has 0 unspecified atom stereocenters. The predicted octanol–water partition coefficient (Wildman–Crippen LogP) is 7.57. The third-order valence-electron chi connectivity index (χ3n) is 5.25. The summed E-state index contributed by atoms with van der Waals surface area (Å²) >= 11 is 0. The maximum atomic E-state index is 4.82. The van der Waals surface area contributed by atoms with Gasteiger partial charge < -0.3 is 0 Å². The summed E-state index contributed by atoms with van der Waals surface area (Å²) in [7, 11) is -2.32. The Bertz CT molecular complexity index is 1020. The van der Waals surface area contributed by atoms with Gasteiger partial charge in [-0.1, -0.05) is 18.2 Å². The highest BCUT2D eigenvalue weighted by Crippen LogP contribution is 2.52. The highest BCUT2D eigenvalue weighted by molar-refractivity contribution is 8.32. The van der Waals surface area contributed by atoms with Crippen molar-refractivity contribution >= 4 is 30.1 Å². The lowest BCUT2D eigenvalue weighted by molar-refractivity contribution is 1.23. The van der Waals surface area contributed by atoms with Crippen LogP contribution in [0.5, 0.6) is 0 Å². The van der Waals surface area contributed by atoms with Crippen LogP contribution in [0.2, 0.25) is 0 Å². The lowest BCUT2D eigenvalue weighted by Crippen LogP contribution is -1.98. The molecule has 0 saturated heterocycles. The Kier molecular flexibility index (Phi) is 6.44. The fourth-order valence-electron chi connectivity index (χ4n) is 3.40. The zero-order chi connectivity index (χ0) is 22.3. The van der Waals surface area contributed by atoms with Crippen LogP contribution in [-0.2, 0) is 0 Å². The first-order valence-electron chi connectivity index (χ1n) is 10.0. The molecule has 3 aromatic rings. The largest absolute Gasteiger partial charge is 0.255 e. The van der Waals surface area contributed by atoms with Gasteiger partial charge in [-0.2, -0.15) is 0 Å². The van der Waals surface area contributed by atoms with Crippen LogP contribution in [0.4, 0.5) is 0 Å². The van der Waals surface area contributed by atoms with E-state index in [2.05, 4.69) is 117 Å². The second kappa shape index (κ2) is 8.29. The van der Waals surface area contributed by atoms with Gasteiger partial charge in [0.2, 0.25) is 0 Å². The van der Waals surface area contributed by atoms with E-state index in [1.54, 1.807) is 0 Å². The van der Waals surface area contributed by atoms with Crippen molar-refractivity contribution in [2.24, 2.45) is 0 Å². The number of aromatic nitrogens is 1. The van der Waals surface area contributed by atoms with Crippen molar-refractivity contribution in [3.8, 4) is 22.4 Å². The first-order chi connectivity index (χ1) is 13.8. The Morgan fingerprint density at radius 1 is 0.533 bits per heavy atom. The average molecular weight is 460 g/mol. The smallest absolute Gasteiger partial charge is 0.0703 e. The van der Waals surface area contributed by atoms with Crippen LogP contribution >= 0.6 is 30.1 Å². The molecule has 2 aromatic carbocycles. The maximum Gasteiger partial charge on any atom is 0.0703 e. The third kappa shape index (κ3) is 5.27. The lowest BCUT2D eigenvalue weighted by atomic mass is 10.0. The monoisotopic (exact) mass is 459 g/mol. The van der Waals surface area contributed by atoms with Gasteiger partial charge in [0.25, 0.3) is 0 Å². The summed E-state index contributed by atoms with van der Waals surface area (Å²) in [6, 6.07) is 20.6. The van der Waals surface area contributed by atoms with E-state index in [0.717, 1.165) is 5.69 Å². The molecule has 0 aliphatic rings. The summed E-state index contributed by atoms with van der Waals surface area (Å²) in [4.78, 5) is 9.08. The average Bonchev–Trinajstić information content (AvgIpc) is 2.66. The minimum absolute atomic E-state index is 0.711. The highest BCUT2D eigenvalue weighted by atomic mass is 32.3. The van der Waals surface area contributed by atoms with Crippen LogP contribution in [0.25, 0.3) is 22.4 Å². The molecule has 0 atom stereocenters. The number of nitrogens with zero attached hydrogens (tertiary/aromatic N) is 1. The quantitative estimate of drug-likeness (QED) is 0.383. The molecule has 0 bridgehead atoms. The SMILES string of the molecule is CS(C)(C)c1ccc(-c2cc(-c3ccc(S(C)(C)C)cn3)ccc2S(C)(C)C)cc1. The number of pyridine rings is 1. The van der Waals surface area contributed by atoms with Gasteiger partial charge in [0.1, 0.15) is 0 Å². The van der Waals surface area contributed by atoms with Gasteiger partial charge in [0.05, 0.1) is 5.69 Å². The van der Waals surface area contributed by atoms with Gasteiger partial charge >= 0.3 is 0 Å². The molecule has 0 aliphatic carbocycles. The van der Waals surface area contributed by atoms with E-state index in [1.165, 1.54) is 31.4 Å². The van der Waals surface area contributed by atoms with Crippen molar-refractivity contribution in [1.29, 1.82) is 0 Å². The Hall–Kier alpha value is -1.36. The van der Waals surface area contributed by atoms with E-state index >= 15 is 0 Å². The molecular formula is C26H37NS3. The Labute approximate surface area is 188 Å². The Balaban J connectivity index is 2.09. The van der Waals surface area contributed by atoms with E-state index in [-0.39, 0.29) is 0 Å². The second-order valence-electron chi connectivity index (χ2n) is 10.1. The summed E-state index contributed by atoms with van der Waals surface area (Å²) in [5, 5.41) is 0. The molecule has 4 heteroatoms. The number of rotatable bonds is 5. The molecule has 0 amide bonds. The van der Waals surface area contributed by atoms with E-state index < -0.39 is 30.1 Å². The number of hydrogen-bond acceptors (Lipinski definition) is 1. The zero-order valence-electron chi connectivity index (χ0n) is 19.9. The summed E-state index contributed by atoms with van der Waals surface area (Å²) in [6.07, 6.45) is 23.2. The molecule has 1 aromatic heterocycles. The van der Waals surface area contributed by atoms with Gasteiger partial charge in [-0.05, 0) is 114 Å². The van der Waals surface area contributed by atoms with Gasteiger partial charge in [-0.3, -0.25) is 4.98 Å². The summed E-state index contributed by atoms with van der Waals surface area (Å²) in [5.41, 5.74) is 4.89. The predicted molar refractivity (Wildman–Crippen MR) is 146 cm³/mol. The number of hydrogen-bond donors (Lipinski definition) is 0. The van der Waals surface area contributed by atoms with Gasteiger partial charge in [0.15, 0.2) is 0 Å². The van der Waals surface area contributed by atoms with E-state index in [4.69, 9.17) is 4.98 Å². The van der Waals surface area contributed by atoms with Crippen molar-refractivity contribution in [2.45, 2.75) is 14.7 Å². The van der Waals surface area contributed by atoms with Gasteiger partial charge in [0, 0.05) is 16.7 Å². The van der Waals surface area contributed by atoms with Crippen molar-refractivity contribution in [2.75, 3.05) is 56.3 Å². The van der Waals surface area contributed by atoms with Crippen LogP contribution in [-0.4, -0.2) is 61.3 Å². The molecule has 3 rings (SSSR count). The van der Waals surface area contributed by atoms with Crippen molar-refractivity contribution in [1.82, 2.24) is 4.98 Å². The van der Waals surface area contributed by atoms with Crippen molar-refractivity contribution in [3.63, 3.8) is 0 Å². The van der Waals surface area contributed by atoms with E-state index in [0.29, 0.717) is 0 Å². The standard InChI is InChI=1S/C26H37NS3/c1-28(2,3)22-13-10-20(11-14-22)24-18-21(12-17-26(24)30(7,8)9)25-16-15-23(19-27-25)29(4,5)6/h10-19H,1-9H3. The van der Waals surface area contributed by atoms with Crippen LogP contribution in [0.3, 0.4) is 0 Å². The van der Waals surface area contributed by atoms with Gasteiger partial charge in [-0.15, -0.1) is 0 Å². The Morgan fingerprint density at radius 2 is 1.07 bits per heavy atom. The van der Waals surface area contributed by atoms with Crippen LogP contribution in [0.15, 0.2) is 75.5 Å². The maximum absolute atomic E-state index is 4.82.